The smallest absolute Gasteiger partial charge is 0.252 e. The van der Waals surface area contributed by atoms with E-state index in [4.69, 9.17) is 10.5 Å². The van der Waals surface area contributed by atoms with Crippen molar-refractivity contribution >= 4 is 17.3 Å². The van der Waals surface area contributed by atoms with Crippen molar-refractivity contribution in [2.75, 3.05) is 5.43 Å². The van der Waals surface area contributed by atoms with Crippen LogP contribution in [0.25, 0.3) is 0 Å². The van der Waals surface area contributed by atoms with Gasteiger partial charge in [-0.05, 0) is 38.0 Å². The summed E-state index contributed by atoms with van der Waals surface area (Å²) in [4.78, 5) is 12.0. The quantitative estimate of drug-likeness (QED) is 0.627. The van der Waals surface area contributed by atoms with Gasteiger partial charge in [0.15, 0.2) is 0 Å². The number of nitrogens with zero attached hydrogens (tertiary/aromatic N) is 3. The summed E-state index contributed by atoms with van der Waals surface area (Å²) < 4.78 is 0. The monoisotopic (exact) mass is 267 g/mol. The molecular formula is C14H13N5O. The Hall–Kier alpha value is -2.86. The standard InChI is InChI=1S/C14H13N5O/c1-14(2)6-9-3-4-10(5-12(9)13(20)17-14)18-19-11(7-15)8-16/h3-5,18H,6H2,1-2H3,(H,17,20). The van der Waals surface area contributed by atoms with Crippen molar-refractivity contribution in [3.05, 3.63) is 29.3 Å². The predicted octanol–water partition coefficient (Wildman–Crippen LogP) is 1.57. The summed E-state index contributed by atoms with van der Waals surface area (Å²) in [6.45, 7) is 3.94. The van der Waals surface area contributed by atoms with E-state index in [1.54, 1.807) is 24.3 Å². The summed E-state index contributed by atoms with van der Waals surface area (Å²) in [5, 5.41) is 23.7. The van der Waals surface area contributed by atoms with Gasteiger partial charge in [0, 0.05) is 11.1 Å². The second-order valence-electron chi connectivity index (χ2n) is 5.18. The Morgan fingerprint density at radius 1 is 1.40 bits per heavy atom. The molecule has 1 aliphatic heterocycles. The van der Waals surface area contributed by atoms with E-state index < -0.39 is 0 Å². The van der Waals surface area contributed by atoms with E-state index in [0.717, 1.165) is 12.0 Å². The molecule has 0 saturated heterocycles. The molecule has 1 aromatic carbocycles. The molecule has 0 aromatic heterocycles. The highest BCUT2D eigenvalue weighted by atomic mass is 16.1. The van der Waals surface area contributed by atoms with Crippen LogP contribution in [0.3, 0.4) is 0 Å². The average Bonchev–Trinajstić information content (AvgIpc) is 2.39. The van der Waals surface area contributed by atoms with E-state index in [1.165, 1.54) is 0 Å². The van der Waals surface area contributed by atoms with Crippen molar-refractivity contribution in [1.82, 2.24) is 5.32 Å². The summed E-state index contributed by atoms with van der Waals surface area (Å²) in [6.07, 6.45) is 0.749. The number of anilines is 1. The molecule has 0 unspecified atom stereocenters. The number of hydrogen-bond acceptors (Lipinski definition) is 5. The first-order valence-corrected chi connectivity index (χ1v) is 6.04. The number of amides is 1. The number of rotatable bonds is 2. The molecule has 0 fully saturated rings. The predicted molar refractivity (Wildman–Crippen MR) is 74.0 cm³/mol. The minimum atomic E-state index is -0.270. The summed E-state index contributed by atoms with van der Waals surface area (Å²) in [5.74, 6) is -0.135. The van der Waals surface area contributed by atoms with Gasteiger partial charge in [0.1, 0.15) is 12.1 Å². The Bertz CT molecular complexity index is 660. The van der Waals surface area contributed by atoms with Gasteiger partial charge in [-0.15, -0.1) is 0 Å². The molecule has 0 radical (unpaired) electrons. The Labute approximate surface area is 116 Å². The van der Waals surface area contributed by atoms with Crippen molar-refractivity contribution in [3.8, 4) is 12.1 Å². The number of hydrazone groups is 1. The number of hydrogen-bond donors (Lipinski definition) is 2. The Kier molecular flexibility index (Phi) is 3.41. The fourth-order valence-corrected chi connectivity index (χ4v) is 2.10. The van der Waals surface area contributed by atoms with Crippen molar-refractivity contribution in [1.29, 1.82) is 10.5 Å². The van der Waals surface area contributed by atoms with Gasteiger partial charge in [0.2, 0.25) is 5.71 Å². The molecule has 6 heteroatoms. The third-order valence-corrected chi connectivity index (χ3v) is 2.95. The Balaban J connectivity index is 2.28. The zero-order valence-electron chi connectivity index (χ0n) is 11.2. The number of nitriles is 2. The SMILES string of the molecule is CC1(C)Cc2ccc(NN=C(C#N)C#N)cc2C(=O)N1. The summed E-state index contributed by atoms with van der Waals surface area (Å²) in [6, 6.07) is 8.58. The van der Waals surface area contributed by atoms with Gasteiger partial charge in [0.05, 0.1) is 5.69 Å². The highest BCUT2D eigenvalue weighted by molar-refractivity contribution is 6.10. The molecular weight excluding hydrogens is 254 g/mol. The fourth-order valence-electron chi connectivity index (χ4n) is 2.10. The summed E-state index contributed by atoms with van der Waals surface area (Å²) in [5.41, 5.74) is 4.18. The fraction of sp³-hybridized carbons (Fsp3) is 0.286. The molecule has 2 rings (SSSR count). The third-order valence-electron chi connectivity index (χ3n) is 2.95. The van der Waals surface area contributed by atoms with Gasteiger partial charge in [0.25, 0.3) is 5.91 Å². The Morgan fingerprint density at radius 2 is 2.10 bits per heavy atom. The first kappa shape index (κ1) is 13.6. The van der Waals surface area contributed by atoms with Crippen LogP contribution >= 0.6 is 0 Å². The van der Waals surface area contributed by atoms with Gasteiger partial charge in [-0.25, -0.2) is 0 Å². The Morgan fingerprint density at radius 3 is 2.75 bits per heavy atom. The average molecular weight is 267 g/mol. The van der Waals surface area contributed by atoms with Crippen LogP contribution in [-0.2, 0) is 6.42 Å². The molecule has 6 nitrogen and oxygen atoms in total. The second kappa shape index (κ2) is 5.02. The summed E-state index contributed by atoms with van der Waals surface area (Å²) in [7, 11) is 0. The number of nitrogens with one attached hydrogen (secondary N) is 2. The van der Waals surface area contributed by atoms with Gasteiger partial charge in [-0.3, -0.25) is 10.2 Å². The van der Waals surface area contributed by atoms with Crippen LogP contribution in [0.4, 0.5) is 5.69 Å². The van der Waals surface area contributed by atoms with Crippen LogP contribution in [0, 0.1) is 22.7 Å². The van der Waals surface area contributed by atoms with Gasteiger partial charge >= 0.3 is 0 Å². The molecule has 0 spiro atoms. The summed E-state index contributed by atoms with van der Waals surface area (Å²) >= 11 is 0. The molecule has 100 valence electrons. The molecule has 1 heterocycles. The van der Waals surface area contributed by atoms with Crippen molar-refractivity contribution in [2.24, 2.45) is 5.10 Å². The second-order valence-corrected chi connectivity index (χ2v) is 5.18. The minimum Gasteiger partial charge on any atom is -0.347 e. The van der Waals surface area contributed by atoms with Crippen molar-refractivity contribution in [3.63, 3.8) is 0 Å². The molecule has 0 atom stereocenters. The minimum absolute atomic E-state index is 0.135. The topological polar surface area (TPSA) is 101 Å². The van der Waals surface area contributed by atoms with Crippen molar-refractivity contribution in [2.45, 2.75) is 25.8 Å². The third kappa shape index (κ3) is 2.76. The lowest BCUT2D eigenvalue weighted by atomic mass is 9.87. The lowest BCUT2D eigenvalue weighted by molar-refractivity contribution is 0.0897. The van der Waals surface area contributed by atoms with Gasteiger partial charge < -0.3 is 5.32 Å². The maximum atomic E-state index is 12.0. The molecule has 0 saturated carbocycles. The van der Waals surface area contributed by atoms with Crippen LogP contribution in [0.1, 0.15) is 29.8 Å². The lowest BCUT2D eigenvalue weighted by Crippen LogP contribution is -2.49. The van der Waals surface area contributed by atoms with E-state index in [1.807, 2.05) is 19.9 Å². The highest BCUT2D eigenvalue weighted by Gasteiger charge is 2.29. The van der Waals surface area contributed by atoms with Crippen molar-refractivity contribution < 1.29 is 4.79 Å². The zero-order chi connectivity index (χ0) is 14.8. The first-order valence-electron chi connectivity index (χ1n) is 6.04. The lowest BCUT2D eigenvalue weighted by Gasteiger charge is -2.32. The van der Waals surface area contributed by atoms with Crippen LogP contribution < -0.4 is 10.7 Å². The molecule has 20 heavy (non-hydrogen) atoms. The van der Waals surface area contributed by atoms with Crippen LogP contribution in [-0.4, -0.2) is 17.2 Å². The maximum absolute atomic E-state index is 12.0. The molecule has 1 aromatic rings. The van der Waals surface area contributed by atoms with E-state index in [0.29, 0.717) is 11.3 Å². The number of carbonyl (C=O) groups is 1. The molecule has 0 bridgehead atoms. The number of fused-ring (bicyclic) bond motifs is 1. The normalized spacial score (nSPS) is 15.1. The van der Waals surface area contributed by atoms with Crippen LogP contribution in [0.2, 0.25) is 0 Å². The van der Waals surface area contributed by atoms with Crippen LogP contribution in [0.15, 0.2) is 23.3 Å². The molecule has 2 N–H and O–H groups in total. The largest absolute Gasteiger partial charge is 0.347 e. The zero-order valence-corrected chi connectivity index (χ0v) is 11.2. The maximum Gasteiger partial charge on any atom is 0.252 e. The van der Waals surface area contributed by atoms with Gasteiger partial charge in [-0.1, -0.05) is 6.07 Å². The van der Waals surface area contributed by atoms with E-state index in [-0.39, 0.29) is 17.2 Å². The molecule has 1 aliphatic rings. The number of benzene rings is 1. The van der Waals surface area contributed by atoms with Gasteiger partial charge in [-0.2, -0.15) is 15.6 Å². The highest BCUT2D eigenvalue weighted by Crippen LogP contribution is 2.25. The van der Waals surface area contributed by atoms with E-state index in [9.17, 15) is 4.79 Å². The number of carbonyl (C=O) groups excluding carboxylic acids is 1. The first-order chi connectivity index (χ1) is 9.45. The molecule has 1 amide bonds. The molecule has 0 aliphatic carbocycles. The van der Waals surface area contributed by atoms with Crippen LogP contribution in [0.5, 0.6) is 0 Å². The van der Waals surface area contributed by atoms with E-state index >= 15 is 0 Å². The van der Waals surface area contributed by atoms with E-state index in [2.05, 4.69) is 15.8 Å².